The molecule has 7 heteroatoms. The summed E-state index contributed by atoms with van der Waals surface area (Å²) in [6, 6.07) is 5.45. The molecule has 100 valence electrons. The van der Waals surface area contributed by atoms with Crippen molar-refractivity contribution in [2.75, 3.05) is 5.32 Å². The molecule has 2 aromatic rings. The van der Waals surface area contributed by atoms with Gasteiger partial charge in [0, 0.05) is 10.7 Å². The molecule has 0 spiro atoms. The van der Waals surface area contributed by atoms with E-state index in [-0.39, 0.29) is 11.2 Å². The predicted octanol–water partition coefficient (Wildman–Crippen LogP) is 3.62. The number of nitrogens with one attached hydrogen (secondary N) is 1. The maximum atomic E-state index is 12.1. The van der Waals surface area contributed by atoms with Crippen molar-refractivity contribution in [1.82, 2.24) is 10.2 Å². The highest BCUT2D eigenvalue weighted by molar-refractivity contribution is 8.02. The Kier molecular flexibility index (Phi) is 4.79. The fourth-order valence-electron chi connectivity index (χ4n) is 1.40. The molecular formula is C12H12ClN3OS2. The number of anilines is 1. The smallest absolute Gasteiger partial charge is 0.237 e. The average Bonchev–Trinajstić information content (AvgIpc) is 2.87. The van der Waals surface area contributed by atoms with Gasteiger partial charge in [-0.2, -0.15) is 0 Å². The van der Waals surface area contributed by atoms with Crippen LogP contribution in [0.15, 0.2) is 28.0 Å². The highest BCUT2D eigenvalue weighted by Crippen LogP contribution is 2.27. The molecule has 0 aliphatic rings. The Bertz CT molecular complexity index is 574. The Balaban J connectivity index is 2.02. The number of amides is 1. The van der Waals surface area contributed by atoms with Crippen molar-refractivity contribution < 1.29 is 4.79 Å². The number of hydrogen-bond donors (Lipinski definition) is 1. The molecule has 0 unspecified atom stereocenters. The molecule has 0 aliphatic heterocycles. The summed E-state index contributed by atoms with van der Waals surface area (Å²) >= 11 is 8.83. The van der Waals surface area contributed by atoms with E-state index in [1.165, 1.54) is 23.1 Å². The first-order chi connectivity index (χ1) is 9.08. The Morgan fingerprint density at radius 1 is 1.53 bits per heavy atom. The van der Waals surface area contributed by atoms with Crippen molar-refractivity contribution in [2.24, 2.45) is 0 Å². The molecule has 0 bridgehead atoms. The minimum Gasteiger partial charge on any atom is -0.325 e. The minimum absolute atomic E-state index is 0.0782. The van der Waals surface area contributed by atoms with Crippen LogP contribution in [0.4, 0.5) is 5.69 Å². The standard InChI is InChI=1S/C12H12ClN3OS2/c1-7-9(13)4-3-5-10(7)15-11(17)8(2)19-12-16-14-6-18-12/h3-6,8H,1-2H3,(H,15,17)/t8-/m1/s1. The Morgan fingerprint density at radius 3 is 3.00 bits per heavy atom. The van der Waals surface area contributed by atoms with Gasteiger partial charge in [-0.1, -0.05) is 40.8 Å². The number of rotatable bonds is 4. The molecule has 4 nitrogen and oxygen atoms in total. The largest absolute Gasteiger partial charge is 0.325 e. The molecule has 1 amide bonds. The summed E-state index contributed by atoms with van der Waals surface area (Å²) in [5.74, 6) is -0.0782. The summed E-state index contributed by atoms with van der Waals surface area (Å²) in [4.78, 5) is 12.1. The maximum absolute atomic E-state index is 12.1. The van der Waals surface area contributed by atoms with Gasteiger partial charge in [-0.3, -0.25) is 4.79 Å². The summed E-state index contributed by atoms with van der Waals surface area (Å²) in [6.45, 7) is 3.71. The molecule has 0 saturated heterocycles. The molecule has 0 radical (unpaired) electrons. The molecule has 1 aromatic heterocycles. The van der Waals surface area contributed by atoms with E-state index in [2.05, 4.69) is 15.5 Å². The monoisotopic (exact) mass is 313 g/mol. The van der Waals surface area contributed by atoms with E-state index in [4.69, 9.17) is 11.6 Å². The number of hydrogen-bond acceptors (Lipinski definition) is 5. The first kappa shape index (κ1) is 14.3. The Hall–Kier alpha value is -1.11. The van der Waals surface area contributed by atoms with Gasteiger partial charge in [0.2, 0.25) is 5.91 Å². The molecule has 1 atom stereocenters. The van der Waals surface area contributed by atoms with Gasteiger partial charge < -0.3 is 5.32 Å². The Labute approximate surface area is 124 Å². The molecule has 2 rings (SSSR count). The fraction of sp³-hybridized carbons (Fsp3) is 0.250. The van der Waals surface area contributed by atoms with Gasteiger partial charge in [-0.25, -0.2) is 0 Å². The number of benzene rings is 1. The van der Waals surface area contributed by atoms with Crippen LogP contribution in [0.1, 0.15) is 12.5 Å². The average molecular weight is 314 g/mol. The second-order valence-electron chi connectivity index (χ2n) is 3.87. The third-order valence-corrected chi connectivity index (χ3v) is 4.83. The second kappa shape index (κ2) is 6.36. The number of carbonyl (C=O) groups excluding carboxylic acids is 1. The molecule has 19 heavy (non-hydrogen) atoms. The summed E-state index contributed by atoms with van der Waals surface area (Å²) in [6.07, 6.45) is 0. The van der Waals surface area contributed by atoms with Crippen molar-refractivity contribution >= 4 is 46.3 Å². The van der Waals surface area contributed by atoms with Crippen molar-refractivity contribution in [2.45, 2.75) is 23.4 Å². The van der Waals surface area contributed by atoms with Gasteiger partial charge in [0.05, 0.1) is 5.25 Å². The highest BCUT2D eigenvalue weighted by Gasteiger charge is 2.17. The quantitative estimate of drug-likeness (QED) is 0.876. The van der Waals surface area contributed by atoms with Crippen LogP contribution < -0.4 is 5.32 Å². The fourth-order valence-corrected chi connectivity index (χ4v) is 3.20. The molecule has 0 fully saturated rings. The SMILES string of the molecule is Cc1c(Cl)cccc1NC(=O)[C@@H](C)Sc1nncs1. The lowest BCUT2D eigenvalue weighted by Crippen LogP contribution is -2.22. The zero-order valence-corrected chi connectivity index (χ0v) is 12.8. The van der Waals surface area contributed by atoms with Gasteiger partial charge in [-0.05, 0) is 31.5 Å². The van der Waals surface area contributed by atoms with Crippen molar-refractivity contribution in [3.63, 3.8) is 0 Å². The van der Waals surface area contributed by atoms with Crippen LogP contribution in [0.25, 0.3) is 0 Å². The highest BCUT2D eigenvalue weighted by atomic mass is 35.5. The van der Waals surface area contributed by atoms with E-state index < -0.39 is 0 Å². The van der Waals surface area contributed by atoms with Crippen LogP contribution in [-0.2, 0) is 4.79 Å². The number of thioether (sulfide) groups is 1. The van der Waals surface area contributed by atoms with Crippen LogP contribution >= 0.6 is 34.7 Å². The Morgan fingerprint density at radius 2 is 2.32 bits per heavy atom. The lowest BCUT2D eigenvalue weighted by Gasteiger charge is -2.12. The number of carbonyl (C=O) groups is 1. The van der Waals surface area contributed by atoms with E-state index in [9.17, 15) is 4.79 Å². The van der Waals surface area contributed by atoms with E-state index in [0.717, 1.165) is 15.6 Å². The van der Waals surface area contributed by atoms with Crippen LogP contribution in [-0.4, -0.2) is 21.4 Å². The lowest BCUT2D eigenvalue weighted by atomic mass is 10.2. The third-order valence-electron chi connectivity index (χ3n) is 2.51. The number of halogens is 1. The third kappa shape index (κ3) is 3.68. The van der Waals surface area contributed by atoms with Crippen LogP contribution in [0.2, 0.25) is 5.02 Å². The van der Waals surface area contributed by atoms with Gasteiger partial charge in [0.15, 0.2) is 4.34 Å². The van der Waals surface area contributed by atoms with Crippen molar-refractivity contribution in [1.29, 1.82) is 0 Å². The van der Waals surface area contributed by atoms with E-state index in [0.29, 0.717) is 5.02 Å². The van der Waals surface area contributed by atoms with Crippen LogP contribution in [0.5, 0.6) is 0 Å². The van der Waals surface area contributed by atoms with E-state index in [1.54, 1.807) is 11.6 Å². The van der Waals surface area contributed by atoms with Gasteiger partial charge in [0.1, 0.15) is 5.51 Å². The lowest BCUT2D eigenvalue weighted by molar-refractivity contribution is -0.115. The summed E-state index contributed by atoms with van der Waals surface area (Å²) in [7, 11) is 0. The summed E-state index contributed by atoms with van der Waals surface area (Å²) in [5, 5.41) is 10.9. The topological polar surface area (TPSA) is 54.9 Å². The van der Waals surface area contributed by atoms with Gasteiger partial charge in [0.25, 0.3) is 0 Å². The molecule has 0 aliphatic carbocycles. The first-order valence-corrected chi connectivity index (χ1v) is 7.70. The minimum atomic E-state index is -0.244. The van der Waals surface area contributed by atoms with Gasteiger partial charge in [-0.15, -0.1) is 10.2 Å². The molecule has 1 heterocycles. The van der Waals surface area contributed by atoms with Gasteiger partial charge >= 0.3 is 0 Å². The normalized spacial score (nSPS) is 12.2. The first-order valence-electron chi connectivity index (χ1n) is 5.56. The summed E-state index contributed by atoms with van der Waals surface area (Å²) in [5.41, 5.74) is 3.25. The van der Waals surface area contributed by atoms with Crippen molar-refractivity contribution in [3.8, 4) is 0 Å². The van der Waals surface area contributed by atoms with Crippen LogP contribution in [0, 0.1) is 6.92 Å². The van der Waals surface area contributed by atoms with E-state index in [1.807, 2.05) is 26.0 Å². The molecule has 0 saturated carbocycles. The van der Waals surface area contributed by atoms with E-state index >= 15 is 0 Å². The molecule has 1 aromatic carbocycles. The zero-order chi connectivity index (χ0) is 13.8. The number of aromatic nitrogens is 2. The van der Waals surface area contributed by atoms with Crippen LogP contribution in [0.3, 0.4) is 0 Å². The second-order valence-corrected chi connectivity index (χ2v) is 6.69. The molecule has 1 N–H and O–H groups in total. The number of nitrogens with zero attached hydrogens (tertiary/aromatic N) is 2. The van der Waals surface area contributed by atoms with Crippen molar-refractivity contribution in [3.05, 3.63) is 34.3 Å². The zero-order valence-electron chi connectivity index (χ0n) is 10.4. The molecular weight excluding hydrogens is 302 g/mol. The maximum Gasteiger partial charge on any atom is 0.237 e. The predicted molar refractivity (Wildman–Crippen MR) is 80.0 cm³/mol. The summed E-state index contributed by atoms with van der Waals surface area (Å²) < 4.78 is 0.783.